The Labute approximate surface area is 271 Å². The van der Waals surface area contributed by atoms with Crippen molar-refractivity contribution >= 4 is 34.9 Å². The number of amides is 1. The molecule has 6 rings (SSSR count). The van der Waals surface area contributed by atoms with Crippen molar-refractivity contribution in [2.24, 2.45) is 5.92 Å². The molecule has 5 aromatic rings. The van der Waals surface area contributed by atoms with Crippen LogP contribution in [0.2, 0.25) is 0 Å². The maximum atomic E-state index is 13.3. The molecular formula is C35H37N7O5. The van der Waals surface area contributed by atoms with Gasteiger partial charge in [0.05, 0.1) is 17.6 Å². The number of H-pyrrole nitrogens is 1. The molecule has 3 heterocycles. The van der Waals surface area contributed by atoms with Gasteiger partial charge in [-0.15, -0.1) is 0 Å². The average Bonchev–Trinajstić information content (AvgIpc) is 3.52. The maximum Gasteiger partial charge on any atom is 0.408 e. The smallest absolute Gasteiger partial charge is 0.408 e. The Bertz CT molecular complexity index is 1840. The van der Waals surface area contributed by atoms with Crippen LogP contribution in [0.25, 0.3) is 11.0 Å². The largest absolute Gasteiger partial charge is 0.480 e. The number of carboxylic acids is 1. The molecule has 1 fully saturated rings. The lowest BCUT2D eigenvalue weighted by Crippen LogP contribution is -2.46. The number of nitrogens with zero attached hydrogens (tertiary/aromatic N) is 4. The number of hydrogen-bond acceptors (Lipinski definition) is 8. The van der Waals surface area contributed by atoms with Crippen LogP contribution in [0, 0.1) is 5.92 Å². The van der Waals surface area contributed by atoms with Crippen molar-refractivity contribution in [3.63, 3.8) is 0 Å². The summed E-state index contributed by atoms with van der Waals surface area (Å²) in [4.78, 5) is 52.4. The number of nitrogens with one attached hydrogen (secondary N) is 3. The van der Waals surface area contributed by atoms with Gasteiger partial charge in [0.1, 0.15) is 18.5 Å². The molecule has 0 saturated carbocycles. The second kappa shape index (κ2) is 14.6. The Morgan fingerprint density at radius 1 is 0.936 bits per heavy atom. The van der Waals surface area contributed by atoms with Crippen LogP contribution in [-0.2, 0) is 29.1 Å². The van der Waals surface area contributed by atoms with Crippen LogP contribution in [-0.4, -0.2) is 62.4 Å². The molecule has 47 heavy (non-hydrogen) atoms. The number of anilines is 2. The molecule has 12 nitrogen and oxygen atoms in total. The molecule has 0 bridgehead atoms. The number of aliphatic carboxylic acids is 1. The number of rotatable bonds is 12. The first-order valence-electron chi connectivity index (χ1n) is 15.7. The predicted molar refractivity (Wildman–Crippen MR) is 178 cm³/mol. The van der Waals surface area contributed by atoms with Crippen molar-refractivity contribution in [1.29, 1.82) is 0 Å². The average molecular weight is 636 g/mol. The summed E-state index contributed by atoms with van der Waals surface area (Å²) in [5, 5.41) is 15.7. The Kier molecular flexibility index (Phi) is 9.75. The Morgan fingerprint density at radius 3 is 2.32 bits per heavy atom. The first kappa shape index (κ1) is 31.3. The van der Waals surface area contributed by atoms with Crippen LogP contribution < -0.4 is 21.2 Å². The molecule has 0 spiro atoms. The van der Waals surface area contributed by atoms with Gasteiger partial charge in [-0.3, -0.25) is 4.57 Å². The van der Waals surface area contributed by atoms with Crippen molar-refractivity contribution in [1.82, 2.24) is 24.8 Å². The summed E-state index contributed by atoms with van der Waals surface area (Å²) < 4.78 is 6.46. The Balaban J connectivity index is 1.13. The molecule has 12 heteroatoms. The minimum absolute atomic E-state index is 0.0108. The van der Waals surface area contributed by atoms with E-state index in [-0.39, 0.29) is 13.2 Å². The molecule has 0 unspecified atom stereocenters. The second-order valence-corrected chi connectivity index (χ2v) is 11.7. The van der Waals surface area contributed by atoms with Crippen LogP contribution in [0.4, 0.5) is 16.6 Å². The number of para-hydroxylation sites is 2. The standard InChI is InChI=1S/C35H37N7O5/c43-32(44)30(39-35(46)47-23-26-11-5-2-6-12-26)22-42-21-27(19-24-9-3-1-4-10-24)31(40-34(42)45)41-17-15-25(16-18-41)20-36-33-37-28-13-7-8-14-29(28)38-33/h1-14,21,25,30H,15-20,22-23H2,(H,39,46)(H,43,44)(H2,36,37,38)/t30-/m0/s1. The second-order valence-electron chi connectivity index (χ2n) is 11.7. The highest BCUT2D eigenvalue weighted by atomic mass is 16.5. The number of hydrogen-bond donors (Lipinski definition) is 4. The zero-order valence-corrected chi connectivity index (χ0v) is 25.8. The highest BCUT2D eigenvalue weighted by Crippen LogP contribution is 2.26. The SMILES string of the molecule is O=C(N[C@@H](Cn1cc(Cc2ccccc2)c(N2CCC(CNc3nc4ccccc4[nH]3)CC2)nc1=O)C(=O)O)OCc1ccccc1. The molecule has 3 aromatic carbocycles. The molecule has 1 saturated heterocycles. The molecular weight excluding hydrogens is 598 g/mol. The van der Waals surface area contributed by atoms with E-state index in [1.165, 1.54) is 4.57 Å². The fourth-order valence-electron chi connectivity index (χ4n) is 5.79. The van der Waals surface area contributed by atoms with Crippen molar-refractivity contribution in [3.8, 4) is 0 Å². The minimum Gasteiger partial charge on any atom is -0.480 e. The van der Waals surface area contributed by atoms with Gasteiger partial charge >= 0.3 is 17.8 Å². The summed E-state index contributed by atoms with van der Waals surface area (Å²) >= 11 is 0. The van der Waals surface area contributed by atoms with Gasteiger partial charge in [-0.05, 0) is 42.0 Å². The van der Waals surface area contributed by atoms with Crippen LogP contribution in [0.3, 0.4) is 0 Å². The molecule has 0 radical (unpaired) electrons. The van der Waals surface area contributed by atoms with E-state index in [1.54, 1.807) is 18.3 Å². The summed E-state index contributed by atoms with van der Waals surface area (Å²) in [6.45, 7) is 1.90. The van der Waals surface area contributed by atoms with E-state index in [0.29, 0.717) is 18.2 Å². The lowest BCUT2D eigenvalue weighted by Gasteiger charge is -2.34. The van der Waals surface area contributed by atoms with Gasteiger partial charge in [0, 0.05) is 37.8 Å². The third kappa shape index (κ3) is 8.15. The summed E-state index contributed by atoms with van der Waals surface area (Å²) in [5.41, 5.74) is 3.92. The van der Waals surface area contributed by atoms with Gasteiger partial charge in [-0.25, -0.2) is 19.4 Å². The molecule has 1 amide bonds. The highest BCUT2D eigenvalue weighted by molar-refractivity contribution is 5.80. The molecule has 2 aromatic heterocycles. The van der Waals surface area contributed by atoms with E-state index < -0.39 is 23.8 Å². The normalized spacial score (nSPS) is 14.1. The van der Waals surface area contributed by atoms with E-state index in [9.17, 15) is 19.5 Å². The van der Waals surface area contributed by atoms with E-state index in [4.69, 9.17) is 4.74 Å². The number of aromatic nitrogens is 4. The Hall–Kier alpha value is -5.65. The first-order valence-corrected chi connectivity index (χ1v) is 15.7. The topological polar surface area (TPSA) is 154 Å². The van der Waals surface area contributed by atoms with E-state index in [1.807, 2.05) is 72.8 Å². The maximum absolute atomic E-state index is 13.3. The fraction of sp³-hybridized carbons (Fsp3) is 0.286. The number of benzene rings is 3. The molecule has 242 valence electrons. The molecule has 1 aliphatic rings. The van der Waals surface area contributed by atoms with Crippen molar-refractivity contribution in [3.05, 3.63) is 118 Å². The summed E-state index contributed by atoms with van der Waals surface area (Å²) in [5.74, 6) is 0.477. The van der Waals surface area contributed by atoms with Gasteiger partial charge in [0.2, 0.25) is 5.95 Å². The van der Waals surface area contributed by atoms with Gasteiger partial charge in [0.25, 0.3) is 0 Å². The number of imidazole rings is 1. The fourth-order valence-corrected chi connectivity index (χ4v) is 5.79. The van der Waals surface area contributed by atoms with Crippen LogP contribution >= 0.6 is 0 Å². The van der Waals surface area contributed by atoms with Gasteiger partial charge < -0.3 is 30.4 Å². The van der Waals surface area contributed by atoms with Crippen molar-refractivity contribution < 1.29 is 19.4 Å². The third-order valence-corrected chi connectivity index (χ3v) is 8.33. The summed E-state index contributed by atoms with van der Waals surface area (Å²) in [7, 11) is 0. The molecule has 4 N–H and O–H groups in total. The molecule has 1 aliphatic heterocycles. The number of carbonyl (C=O) groups excluding carboxylic acids is 1. The monoisotopic (exact) mass is 635 g/mol. The number of alkyl carbamates (subject to hydrolysis) is 1. The van der Waals surface area contributed by atoms with Crippen LogP contribution in [0.15, 0.2) is 95.9 Å². The van der Waals surface area contributed by atoms with Gasteiger partial charge in [0.15, 0.2) is 0 Å². The zero-order chi connectivity index (χ0) is 32.6. The van der Waals surface area contributed by atoms with Crippen molar-refractivity contribution in [2.75, 3.05) is 29.9 Å². The lowest BCUT2D eigenvalue weighted by molar-refractivity contribution is -0.139. The summed E-state index contributed by atoms with van der Waals surface area (Å²) in [6, 6.07) is 25.4. The third-order valence-electron chi connectivity index (χ3n) is 8.33. The van der Waals surface area contributed by atoms with Crippen LogP contribution in [0.1, 0.15) is 29.5 Å². The minimum atomic E-state index is -1.40. The number of aromatic amines is 1. The van der Waals surface area contributed by atoms with Gasteiger partial charge in [-0.1, -0.05) is 72.8 Å². The number of carbonyl (C=O) groups is 2. The predicted octanol–water partition coefficient (Wildman–Crippen LogP) is 4.42. The van der Waals surface area contributed by atoms with E-state index in [0.717, 1.165) is 66.1 Å². The van der Waals surface area contributed by atoms with E-state index in [2.05, 4.69) is 30.5 Å². The van der Waals surface area contributed by atoms with Crippen molar-refractivity contribution in [2.45, 2.75) is 38.5 Å². The number of fused-ring (bicyclic) bond motifs is 1. The Morgan fingerprint density at radius 2 is 1.62 bits per heavy atom. The highest BCUT2D eigenvalue weighted by Gasteiger charge is 2.26. The first-order chi connectivity index (χ1) is 22.9. The number of carboxylic acid groups (broad SMARTS) is 1. The summed E-state index contributed by atoms with van der Waals surface area (Å²) in [6.07, 6.45) is 3.08. The number of piperidine rings is 1. The van der Waals surface area contributed by atoms with E-state index >= 15 is 0 Å². The van der Waals surface area contributed by atoms with Gasteiger partial charge in [-0.2, -0.15) is 4.98 Å². The molecule has 0 aliphatic carbocycles. The number of ether oxygens (including phenoxy) is 1. The molecule has 1 atom stereocenters. The zero-order valence-electron chi connectivity index (χ0n) is 25.8. The van der Waals surface area contributed by atoms with Crippen LogP contribution in [0.5, 0.6) is 0 Å². The quantitative estimate of drug-likeness (QED) is 0.156. The lowest BCUT2D eigenvalue weighted by atomic mass is 9.96.